The van der Waals surface area contributed by atoms with Crippen molar-refractivity contribution >= 4 is 5.90 Å². The SMILES string of the molecule is C=C(/C=C1\C(=C/C)N(CC)/C(=C\C)C1(C)Cc1ccc(F)cc1)OC.CC.N#Cc1ccc(C(=N)OCN)cc1. The molecule has 2 aromatic rings. The lowest BCUT2D eigenvalue weighted by Gasteiger charge is -2.29. The summed E-state index contributed by atoms with van der Waals surface area (Å²) < 4.78 is 23.4. The van der Waals surface area contributed by atoms with Crippen LogP contribution in [0, 0.1) is 28.0 Å². The number of benzene rings is 2. The number of nitrogens with zero attached hydrogens (tertiary/aromatic N) is 2. The Morgan fingerprint density at radius 3 is 2.17 bits per heavy atom. The maximum Gasteiger partial charge on any atom is 0.214 e. The summed E-state index contributed by atoms with van der Waals surface area (Å²) in [7, 11) is 1.63. The molecule has 40 heavy (non-hydrogen) atoms. The molecule has 0 aliphatic carbocycles. The van der Waals surface area contributed by atoms with Gasteiger partial charge in [0.25, 0.3) is 0 Å². The number of halogens is 1. The van der Waals surface area contributed by atoms with E-state index < -0.39 is 0 Å². The average molecular weight is 547 g/mol. The summed E-state index contributed by atoms with van der Waals surface area (Å²) in [5.41, 5.74) is 10.8. The summed E-state index contributed by atoms with van der Waals surface area (Å²) in [6.45, 7) is 17.4. The first-order chi connectivity index (χ1) is 19.2. The third-order valence-electron chi connectivity index (χ3n) is 6.42. The minimum absolute atomic E-state index is 0.0150. The third kappa shape index (κ3) is 8.42. The van der Waals surface area contributed by atoms with E-state index in [4.69, 9.17) is 25.9 Å². The summed E-state index contributed by atoms with van der Waals surface area (Å²) >= 11 is 0. The van der Waals surface area contributed by atoms with Crippen LogP contribution >= 0.6 is 0 Å². The van der Waals surface area contributed by atoms with E-state index in [1.807, 2.05) is 38.1 Å². The Hall–Kier alpha value is -4.15. The number of likely N-dealkylation sites (tertiary alicyclic amines) is 1. The second kappa shape index (κ2) is 16.7. The maximum absolute atomic E-state index is 13.3. The zero-order valence-corrected chi connectivity index (χ0v) is 24.8. The summed E-state index contributed by atoms with van der Waals surface area (Å²) in [5.74, 6) is 0.444. The Labute approximate surface area is 239 Å². The number of ether oxygens (including phenoxy) is 2. The summed E-state index contributed by atoms with van der Waals surface area (Å²) in [4.78, 5) is 2.33. The molecule has 1 fully saturated rings. The highest BCUT2D eigenvalue weighted by atomic mass is 19.1. The smallest absolute Gasteiger partial charge is 0.214 e. The van der Waals surface area contributed by atoms with Crippen molar-refractivity contribution in [2.75, 3.05) is 20.4 Å². The van der Waals surface area contributed by atoms with Crippen LogP contribution in [0.5, 0.6) is 0 Å². The van der Waals surface area contributed by atoms with Crippen molar-refractivity contribution in [2.24, 2.45) is 11.1 Å². The quantitative estimate of drug-likeness (QED) is 0.163. The Morgan fingerprint density at radius 2 is 1.73 bits per heavy atom. The van der Waals surface area contributed by atoms with Gasteiger partial charge < -0.3 is 14.4 Å². The van der Waals surface area contributed by atoms with Crippen molar-refractivity contribution < 1.29 is 13.9 Å². The molecule has 2 aromatic carbocycles. The van der Waals surface area contributed by atoms with Crippen molar-refractivity contribution in [1.82, 2.24) is 4.90 Å². The number of hydrogen-bond acceptors (Lipinski definition) is 6. The molecule has 1 saturated heterocycles. The lowest BCUT2D eigenvalue weighted by Crippen LogP contribution is -2.24. The van der Waals surface area contributed by atoms with Crippen molar-refractivity contribution in [3.05, 3.63) is 119 Å². The molecule has 1 heterocycles. The standard InChI is InChI=1S/C22H28FNO.C9H9N3O.C2H6/c1-7-20-19(14-16(4)25-6)22(5,21(8-2)24(20)9-3)15-17-10-12-18(23)13-11-17;10-5-7-1-3-8(4-2-7)9(12)13-6-11;1-2/h7-8,10-14H,4,9,15H2,1-3,5-6H3;1-4,12H,6,11H2;1-2H3/b19-14+,20-7+,21-8-;;. The molecule has 214 valence electrons. The number of hydrogen-bond donors (Lipinski definition) is 2. The topological polar surface area (TPSA) is 95.4 Å². The van der Waals surface area contributed by atoms with Gasteiger partial charge in [0.15, 0.2) is 0 Å². The number of methoxy groups -OCH3 is 1. The number of nitriles is 1. The van der Waals surface area contributed by atoms with Gasteiger partial charge in [-0.2, -0.15) is 5.26 Å². The van der Waals surface area contributed by atoms with Crippen LogP contribution in [0.1, 0.15) is 58.2 Å². The molecular weight excluding hydrogens is 503 g/mol. The van der Waals surface area contributed by atoms with E-state index in [9.17, 15) is 4.39 Å². The molecule has 1 atom stereocenters. The highest BCUT2D eigenvalue weighted by Gasteiger charge is 2.45. The van der Waals surface area contributed by atoms with Gasteiger partial charge in [-0.25, -0.2) is 4.39 Å². The largest absolute Gasteiger partial charge is 0.497 e. The summed E-state index contributed by atoms with van der Waals surface area (Å²) in [6, 6.07) is 15.3. The fourth-order valence-corrected chi connectivity index (χ4v) is 4.63. The molecule has 0 amide bonds. The van der Waals surface area contributed by atoms with Gasteiger partial charge in [0.05, 0.1) is 18.7 Å². The highest BCUT2D eigenvalue weighted by molar-refractivity contribution is 5.91. The molecule has 6 nitrogen and oxygen atoms in total. The monoisotopic (exact) mass is 546 g/mol. The van der Waals surface area contributed by atoms with Crippen LogP contribution in [0.4, 0.5) is 4.39 Å². The first kappa shape index (κ1) is 33.9. The zero-order valence-electron chi connectivity index (χ0n) is 24.8. The fourth-order valence-electron chi connectivity index (χ4n) is 4.63. The van der Waals surface area contributed by atoms with Gasteiger partial charge in [0.2, 0.25) is 5.90 Å². The van der Waals surface area contributed by atoms with Gasteiger partial charge in [0.1, 0.15) is 18.3 Å². The molecule has 0 radical (unpaired) electrons. The molecule has 0 spiro atoms. The zero-order chi connectivity index (χ0) is 30.3. The van der Waals surface area contributed by atoms with E-state index >= 15 is 0 Å². The first-order valence-electron chi connectivity index (χ1n) is 13.4. The summed E-state index contributed by atoms with van der Waals surface area (Å²) in [6.07, 6.45) is 7.12. The number of allylic oxidation sites excluding steroid dienone is 5. The Bertz CT molecular complexity index is 1250. The fraction of sp³-hybridized carbons (Fsp3) is 0.333. The first-order valence-corrected chi connectivity index (χ1v) is 13.4. The molecule has 0 aromatic heterocycles. The van der Waals surface area contributed by atoms with E-state index in [-0.39, 0.29) is 23.9 Å². The Balaban J connectivity index is 0.000000448. The minimum Gasteiger partial charge on any atom is -0.497 e. The van der Waals surface area contributed by atoms with Crippen LogP contribution in [0.25, 0.3) is 0 Å². The molecule has 1 aliphatic rings. The van der Waals surface area contributed by atoms with Crippen LogP contribution in [-0.4, -0.2) is 31.2 Å². The highest BCUT2D eigenvalue weighted by Crippen LogP contribution is 2.52. The van der Waals surface area contributed by atoms with Gasteiger partial charge >= 0.3 is 0 Å². The molecule has 0 saturated carbocycles. The molecule has 3 N–H and O–H groups in total. The number of nitrogens with two attached hydrogens (primary N) is 1. The van der Waals surface area contributed by atoms with E-state index in [1.165, 1.54) is 29.1 Å². The van der Waals surface area contributed by atoms with Gasteiger partial charge in [-0.3, -0.25) is 11.1 Å². The van der Waals surface area contributed by atoms with Crippen LogP contribution in [0.2, 0.25) is 0 Å². The van der Waals surface area contributed by atoms with Gasteiger partial charge in [0, 0.05) is 28.9 Å². The molecule has 1 aliphatic heterocycles. The molecule has 3 rings (SSSR count). The number of nitrogens with one attached hydrogen (secondary N) is 1. The van der Waals surface area contributed by atoms with Crippen molar-refractivity contribution in [3.63, 3.8) is 0 Å². The van der Waals surface area contributed by atoms with Crippen LogP contribution < -0.4 is 5.73 Å². The third-order valence-corrected chi connectivity index (χ3v) is 6.42. The molecule has 1 unspecified atom stereocenters. The number of rotatable bonds is 7. The van der Waals surface area contributed by atoms with Crippen LogP contribution in [-0.2, 0) is 15.9 Å². The van der Waals surface area contributed by atoms with E-state index in [0.29, 0.717) is 16.9 Å². The van der Waals surface area contributed by atoms with E-state index in [2.05, 4.69) is 51.3 Å². The lowest BCUT2D eigenvalue weighted by atomic mass is 9.75. The predicted molar refractivity (Wildman–Crippen MR) is 162 cm³/mol. The van der Waals surface area contributed by atoms with Crippen LogP contribution in [0.3, 0.4) is 0 Å². The Kier molecular flexibility index (Phi) is 14.2. The van der Waals surface area contributed by atoms with E-state index in [0.717, 1.165) is 18.5 Å². The van der Waals surface area contributed by atoms with Gasteiger partial charge in [-0.05, 0) is 87.7 Å². The van der Waals surface area contributed by atoms with E-state index in [1.54, 1.807) is 31.4 Å². The maximum atomic E-state index is 13.3. The summed E-state index contributed by atoms with van der Waals surface area (Å²) in [5, 5.41) is 15.9. The molecule has 0 bridgehead atoms. The molecule has 7 heteroatoms. The second-order valence-electron chi connectivity index (χ2n) is 8.79. The average Bonchev–Trinajstić information content (AvgIpc) is 3.21. The minimum atomic E-state index is -0.230. The number of likely N-dealkylation sites (N-methyl/N-ethyl adjacent to an activating group) is 1. The second-order valence-corrected chi connectivity index (χ2v) is 8.79. The van der Waals surface area contributed by atoms with Crippen molar-refractivity contribution in [1.29, 1.82) is 10.7 Å². The predicted octanol–water partition coefficient (Wildman–Crippen LogP) is 7.45. The molecular formula is C33H43FN4O2. The normalized spacial score (nSPS) is 18.8. The Morgan fingerprint density at radius 1 is 1.12 bits per heavy atom. The van der Waals surface area contributed by atoms with Crippen molar-refractivity contribution in [3.8, 4) is 6.07 Å². The van der Waals surface area contributed by atoms with Crippen LogP contribution in [0.15, 0.2) is 96.1 Å². The van der Waals surface area contributed by atoms with Gasteiger partial charge in [-0.1, -0.05) is 44.7 Å². The lowest BCUT2D eigenvalue weighted by molar-refractivity contribution is 0.307. The van der Waals surface area contributed by atoms with Crippen molar-refractivity contribution in [2.45, 2.75) is 48.0 Å². The van der Waals surface area contributed by atoms with Gasteiger partial charge in [-0.15, -0.1) is 0 Å².